The minimum absolute atomic E-state index is 0.00469. The zero-order valence-corrected chi connectivity index (χ0v) is 23.5. The summed E-state index contributed by atoms with van der Waals surface area (Å²) in [5.74, 6) is 0.566. The van der Waals surface area contributed by atoms with Gasteiger partial charge in [-0.05, 0) is 61.9 Å². The summed E-state index contributed by atoms with van der Waals surface area (Å²) in [6.07, 6.45) is 5.81. The first kappa shape index (κ1) is 26.3. The molecule has 2 aromatic heterocycles. The molecule has 1 aliphatic heterocycles. The highest BCUT2D eigenvalue weighted by atomic mass is 35.5. The normalized spacial score (nSPS) is 20.8. The maximum Gasteiger partial charge on any atom is 0.269 e. The van der Waals surface area contributed by atoms with E-state index >= 15 is 0 Å². The van der Waals surface area contributed by atoms with Gasteiger partial charge in [0.05, 0.1) is 23.5 Å². The van der Waals surface area contributed by atoms with Gasteiger partial charge in [0.2, 0.25) is 5.28 Å². The summed E-state index contributed by atoms with van der Waals surface area (Å²) in [6.45, 7) is 5.53. The number of halogens is 1. The second-order valence-electron chi connectivity index (χ2n) is 10.4. The second kappa shape index (κ2) is 10.9. The molecule has 204 valence electrons. The number of rotatable bonds is 6. The van der Waals surface area contributed by atoms with E-state index < -0.39 is 10.0 Å². The minimum Gasteiger partial charge on any atom is -0.379 e. The summed E-state index contributed by atoms with van der Waals surface area (Å²) in [5, 5.41) is 4.28. The van der Waals surface area contributed by atoms with Gasteiger partial charge in [-0.1, -0.05) is 48.0 Å². The monoisotopic (exact) mass is 565 g/mol. The van der Waals surface area contributed by atoms with Crippen molar-refractivity contribution >= 4 is 38.5 Å². The number of aromatic nitrogens is 3. The number of fused-ring (bicyclic) bond motifs is 1. The average molecular weight is 566 g/mol. The van der Waals surface area contributed by atoms with Crippen molar-refractivity contribution < 1.29 is 13.2 Å². The van der Waals surface area contributed by atoms with Crippen LogP contribution < -0.4 is 5.32 Å². The van der Waals surface area contributed by atoms with Gasteiger partial charge in [-0.3, -0.25) is 4.90 Å². The van der Waals surface area contributed by atoms with E-state index in [0.29, 0.717) is 17.2 Å². The summed E-state index contributed by atoms with van der Waals surface area (Å²) >= 11 is 6.42. The second-order valence-corrected chi connectivity index (χ2v) is 12.5. The fraction of sp³-hybridized carbons (Fsp3) is 0.379. The molecule has 1 saturated heterocycles. The van der Waals surface area contributed by atoms with Crippen LogP contribution in [0.2, 0.25) is 5.28 Å². The molecule has 1 saturated carbocycles. The van der Waals surface area contributed by atoms with E-state index in [1.165, 1.54) is 3.97 Å². The van der Waals surface area contributed by atoms with Crippen molar-refractivity contribution in [2.45, 2.75) is 49.6 Å². The third-order valence-corrected chi connectivity index (χ3v) is 9.68. The zero-order chi connectivity index (χ0) is 27.0. The van der Waals surface area contributed by atoms with Crippen molar-refractivity contribution in [2.75, 3.05) is 31.6 Å². The molecule has 0 atom stereocenters. The zero-order valence-electron chi connectivity index (χ0n) is 21.9. The predicted octanol–water partition coefficient (Wildman–Crippen LogP) is 5.35. The SMILES string of the molecule is Cc1ccc(S(=O)(=O)n2cc(-c3ccccc3)c3c(NC4CCC(N5CCOCC5)CC4)nc(Cl)nc32)cc1. The van der Waals surface area contributed by atoms with Crippen molar-refractivity contribution in [3.63, 3.8) is 0 Å². The van der Waals surface area contributed by atoms with Gasteiger partial charge in [-0.25, -0.2) is 17.4 Å². The third-order valence-electron chi connectivity index (χ3n) is 7.85. The minimum atomic E-state index is -3.93. The van der Waals surface area contributed by atoms with Gasteiger partial charge < -0.3 is 10.1 Å². The van der Waals surface area contributed by atoms with Gasteiger partial charge in [0, 0.05) is 36.9 Å². The predicted molar refractivity (Wildman–Crippen MR) is 154 cm³/mol. The van der Waals surface area contributed by atoms with E-state index in [1.807, 2.05) is 37.3 Å². The first-order chi connectivity index (χ1) is 18.9. The lowest BCUT2D eigenvalue weighted by atomic mass is 9.90. The number of nitrogens with one attached hydrogen (secondary N) is 1. The lowest BCUT2D eigenvalue weighted by molar-refractivity contribution is 0.00791. The van der Waals surface area contributed by atoms with Gasteiger partial charge >= 0.3 is 0 Å². The summed E-state index contributed by atoms with van der Waals surface area (Å²) in [6, 6.07) is 17.3. The Balaban J connectivity index is 1.39. The van der Waals surface area contributed by atoms with Crippen molar-refractivity contribution in [1.29, 1.82) is 0 Å². The Labute approximate surface area is 234 Å². The first-order valence-corrected chi connectivity index (χ1v) is 15.3. The maximum atomic E-state index is 13.8. The van der Waals surface area contributed by atoms with Crippen molar-refractivity contribution in [3.05, 3.63) is 71.6 Å². The molecule has 0 unspecified atom stereocenters. The topological polar surface area (TPSA) is 89.4 Å². The fourth-order valence-electron chi connectivity index (χ4n) is 5.74. The smallest absolute Gasteiger partial charge is 0.269 e. The van der Waals surface area contributed by atoms with Crippen LogP contribution in [0.3, 0.4) is 0 Å². The number of morpholine rings is 1. The number of benzene rings is 2. The van der Waals surface area contributed by atoms with Crippen LogP contribution >= 0.6 is 11.6 Å². The molecule has 8 nitrogen and oxygen atoms in total. The van der Waals surface area contributed by atoms with Crippen molar-refractivity contribution in [3.8, 4) is 11.1 Å². The molecule has 0 radical (unpaired) electrons. The molecule has 2 aromatic carbocycles. The van der Waals surface area contributed by atoms with Crippen LogP contribution in [0, 0.1) is 6.92 Å². The molecule has 6 rings (SSSR count). The number of nitrogens with zero attached hydrogens (tertiary/aromatic N) is 4. The van der Waals surface area contributed by atoms with Gasteiger partial charge in [0.1, 0.15) is 5.82 Å². The van der Waals surface area contributed by atoms with E-state index in [9.17, 15) is 8.42 Å². The van der Waals surface area contributed by atoms with Crippen LogP contribution in [0.5, 0.6) is 0 Å². The van der Waals surface area contributed by atoms with Crippen LogP contribution in [0.25, 0.3) is 22.2 Å². The number of ether oxygens (including phenoxy) is 1. The quantitative estimate of drug-likeness (QED) is 0.315. The summed E-state index contributed by atoms with van der Waals surface area (Å²) in [7, 11) is -3.93. The van der Waals surface area contributed by atoms with E-state index in [-0.39, 0.29) is 21.9 Å². The molecule has 3 heterocycles. The fourth-order valence-corrected chi connectivity index (χ4v) is 7.22. The molecule has 1 N–H and O–H groups in total. The highest BCUT2D eigenvalue weighted by Crippen LogP contribution is 2.38. The van der Waals surface area contributed by atoms with Crippen LogP contribution in [0.1, 0.15) is 31.2 Å². The molecule has 4 aromatic rings. The van der Waals surface area contributed by atoms with Gasteiger partial charge in [0.15, 0.2) is 5.65 Å². The van der Waals surface area contributed by atoms with E-state index in [4.69, 9.17) is 16.3 Å². The van der Waals surface area contributed by atoms with Gasteiger partial charge in [-0.2, -0.15) is 4.98 Å². The van der Waals surface area contributed by atoms with E-state index in [1.54, 1.807) is 30.5 Å². The molecule has 0 spiro atoms. The Morgan fingerprint density at radius 3 is 2.33 bits per heavy atom. The largest absolute Gasteiger partial charge is 0.379 e. The maximum absolute atomic E-state index is 13.8. The highest BCUT2D eigenvalue weighted by Gasteiger charge is 2.30. The van der Waals surface area contributed by atoms with E-state index in [2.05, 4.69) is 20.2 Å². The number of hydrogen-bond acceptors (Lipinski definition) is 7. The van der Waals surface area contributed by atoms with Crippen molar-refractivity contribution in [2.24, 2.45) is 0 Å². The number of aryl methyl sites for hydroxylation is 1. The van der Waals surface area contributed by atoms with Crippen LogP contribution in [-0.4, -0.2) is 65.6 Å². The van der Waals surface area contributed by atoms with Crippen molar-refractivity contribution in [1.82, 2.24) is 18.8 Å². The Morgan fingerprint density at radius 2 is 1.64 bits per heavy atom. The molecule has 10 heteroatoms. The Kier molecular flexibility index (Phi) is 7.33. The third kappa shape index (κ3) is 5.28. The Hall–Kier alpha value is -2.98. The molecular formula is C29H32ClN5O3S. The molecular weight excluding hydrogens is 534 g/mol. The molecule has 0 bridgehead atoms. The number of anilines is 1. The van der Waals surface area contributed by atoms with Crippen LogP contribution in [0.4, 0.5) is 5.82 Å². The van der Waals surface area contributed by atoms with Crippen LogP contribution in [-0.2, 0) is 14.8 Å². The highest BCUT2D eigenvalue weighted by molar-refractivity contribution is 7.90. The summed E-state index contributed by atoms with van der Waals surface area (Å²) in [4.78, 5) is 11.8. The molecule has 0 amide bonds. The average Bonchev–Trinajstić information content (AvgIpc) is 3.35. The van der Waals surface area contributed by atoms with Gasteiger partial charge in [0.25, 0.3) is 10.0 Å². The standard InChI is InChI=1S/C29H32ClN5O3S/c1-20-7-13-24(14-8-20)39(36,37)35-19-25(21-5-3-2-4-6-21)26-27(32-29(30)33-28(26)35)31-22-9-11-23(12-10-22)34-15-17-38-18-16-34/h2-8,13-14,19,22-23H,9-12,15-18H2,1H3,(H,31,32,33). The Bertz CT molecular complexity index is 1560. The molecule has 2 fully saturated rings. The molecule has 39 heavy (non-hydrogen) atoms. The summed E-state index contributed by atoms with van der Waals surface area (Å²) in [5.41, 5.74) is 2.86. The molecule has 1 aliphatic carbocycles. The lowest BCUT2D eigenvalue weighted by Gasteiger charge is -2.39. The first-order valence-electron chi connectivity index (χ1n) is 13.4. The van der Waals surface area contributed by atoms with Gasteiger partial charge in [-0.15, -0.1) is 0 Å². The van der Waals surface area contributed by atoms with E-state index in [0.717, 1.165) is 68.7 Å². The lowest BCUT2D eigenvalue weighted by Crippen LogP contribution is -2.46. The van der Waals surface area contributed by atoms with Crippen LogP contribution in [0.15, 0.2) is 65.7 Å². The molecule has 2 aliphatic rings. The number of hydrogen-bond donors (Lipinski definition) is 1. The Morgan fingerprint density at radius 1 is 0.949 bits per heavy atom. The summed E-state index contributed by atoms with van der Waals surface area (Å²) < 4.78 is 34.4.